The van der Waals surface area contributed by atoms with Crippen LogP contribution >= 0.6 is 0 Å². The van der Waals surface area contributed by atoms with Crippen molar-refractivity contribution in [2.45, 2.75) is 38.8 Å². The molecule has 0 aliphatic rings. The molecule has 0 bridgehead atoms. The summed E-state index contributed by atoms with van der Waals surface area (Å²) in [5.41, 5.74) is 1.48. The fraction of sp³-hybridized carbons (Fsp3) is 0.364. The lowest BCUT2D eigenvalue weighted by molar-refractivity contribution is -0.121. The van der Waals surface area contributed by atoms with E-state index in [9.17, 15) is 9.59 Å². The zero-order chi connectivity index (χ0) is 19.5. The Kier molecular flexibility index (Phi) is 8.52. The maximum atomic E-state index is 12.5. The molecule has 0 saturated carbocycles. The second-order valence-corrected chi connectivity index (χ2v) is 6.63. The van der Waals surface area contributed by atoms with Crippen LogP contribution in [0, 0.1) is 0 Å². The lowest BCUT2D eigenvalue weighted by atomic mass is 10.0. The fourth-order valence-corrected chi connectivity index (χ4v) is 2.65. The van der Waals surface area contributed by atoms with Crippen LogP contribution in [-0.2, 0) is 9.53 Å². The summed E-state index contributed by atoms with van der Waals surface area (Å²) in [4.78, 5) is 24.9. The van der Waals surface area contributed by atoms with Crippen molar-refractivity contribution < 1.29 is 14.3 Å². The van der Waals surface area contributed by atoms with Gasteiger partial charge in [-0.1, -0.05) is 48.5 Å². The first-order chi connectivity index (χ1) is 13.1. The van der Waals surface area contributed by atoms with Crippen molar-refractivity contribution in [1.29, 1.82) is 0 Å². The van der Waals surface area contributed by atoms with Gasteiger partial charge in [0.25, 0.3) is 5.91 Å². The molecule has 0 fully saturated rings. The zero-order valence-corrected chi connectivity index (χ0v) is 16.0. The smallest absolute Gasteiger partial charge is 0.251 e. The Balaban J connectivity index is 1.93. The van der Waals surface area contributed by atoms with Gasteiger partial charge in [-0.2, -0.15) is 0 Å². The van der Waals surface area contributed by atoms with Gasteiger partial charge in [-0.15, -0.1) is 0 Å². The maximum absolute atomic E-state index is 12.5. The van der Waals surface area contributed by atoms with Crippen molar-refractivity contribution in [3.05, 3.63) is 71.8 Å². The molecular formula is C22H28N2O3. The zero-order valence-electron chi connectivity index (χ0n) is 16.0. The van der Waals surface area contributed by atoms with Crippen LogP contribution in [0.5, 0.6) is 0 Å². The van der Waals surface area contributed by atoms with E-state index in [4.69, 9.17) is 4.74 Å². The van der Waals surface area contributed by atoms with E-state index in [1.54, 1.807) is 12.1 Å². The highest BCUT2D eigenvalue weighted by Crippen LogP contribution is 2.17. The Morgan fingerprint density at radius 3 is 2.22 bits per heavy atom. The van der Waals surface area contributed by atoms with E-state index in [-0.39, 0.29) is 30.4 Å². The molecule has 1 unspecified atom stereocenters. The third kappa shape index (κ3) is 7.62. The molecular weight excluding hydrogens is 340 g/mol. The van der Waals surface area contributed by atoms with Crippen LogP contribution in [0.2, 0.25) is 0 Å². The number of carbonyl (C=O) groups excluding carboxylic acids is 2. The van der Waals surface area contributed by atoms with Crippen LogP contribution in [0.3, 0.4) is 0 Å². The van der Waals surface area contributed by atoms with E-state index in [1.807, 2.05) is 62.4 Å². The third-order valence-corrected chi connectivity index (χ3v) is 4.03. The highest BCUT2D eigenvalue weighted by molar-refractivity contribution is 5.94. The second kappa shape index (κ2) is 11.1. The third-order valence-electron chi connectivity index (χ3n) is 4.03. The minimum atomic E-state index is -0.383. The molecule has 5 heteroatoms. The molecule has 0 saturated heterocycles. The molecule has 2 amide bonds. The van der Waals surface area contributed by atoms with Gasteiger partial charge in [0.1, 0.15) is 0 Å². The normalized spacial score (nSPS) is 11.8. The minimum absolute atomic E-state index is 0.0956. The largest absolute Gasteiger partial charge is 0.379 e. The van der Waals surface area contributed by atoms with Crippen LogP contribution in [-0.4, -0.2) is 31.1 Å². The van der Waals surface area contributed by atoms with E-state index in [0.717, 1.165) is 12.0 Å². The van der Waals surface area contributed by atoms with Gasteiger partial charge in [0.2, 0.25) is 5.91 Å². The van der Waals surface area contributed by atoms with E-state index in [2.05, 4.69) is 10.6 Å². The molecule has 0 radical (unpaired) electrons. The van der Waals surface area contributed by atoms with E-state index in [1.165, 1.54) is 0 Å². The maximum Gasteiger partial charge on any atom is 0.251 e. The summed E-state index contributed by atoms with van der Waals surface area (Å²) in [6.45, 7) is 5.14. The van der Waals surface area contributed by atoms with Gasteiger partial charge in [-0.05, 0) is 38.0 Å². The Bertz CT molecular complexity index is 702. The molecule has 27 heavy (non-hydrogen) atoms. The monoisotopic (exact) mass is 368 g/mol. The predicted octanol–water partition coefficient (Wildman–Crippen LogP) is 3.48. The quantitative estimate of drug-likeness (QED) is 0.631. The van der Waals surface area contributed by atoms with E-state index in [0.29, 0.717) is 18.7 Å². The first-order valence-electron chi connectivity index (χ1n) is 9.35. The highest BCUT2D eigenvalue weighted by atomic mass is 16.5. The summed E-state index contributed by atoms with van der Waals surface area (Å²) in [7, 11) is 0. The van der Waals surface area contributed by atoms with Gasteiger partial charge in [0, 0.05) is 18.7 Å². The minimum Gasteiger partial charge on any atom is -0.379 e. The topological polar surface area (TPSA) is 67.4 Å². The first kappa shape index (κ1) is 20.6. The molecule has 0 spiro atoms. The van der Waals surface area contributed by atoms with Gasteiger partial charge in [0.15, 0.2) is 0 Å². The lowest BCUT2D eigenvalue weighted by Gasteiger charge is -2.19. The van der Waals surface area contributed by atoms with Gasteiger partial charge in [-0.25, -0.2) is 0 Å². The number of carbonyl (C=O) groups is 2. The number of benzene rings is 2. The average molecular weight is 368 g/mol. The molecule has 0 heterocycles. The average Bonchev–Trinajstić information content (AvgIpc) is 2.68. The van der Waals surface area contributed by atoms with Crippen LogP contribution in [0.1, 0.15) is 48.7 Å². The van der Waals surface area contributed by atoms with Gasteiger partial charge >= 0.3 is 0 Å². The van der Waals surface area contributed by atoms with E-state index >= 15 is 0 Å². The van der Waals surface area contributed by atoms with Crippen molar-refractivity contribution in [2.75, 3.05) is 13.2 Å². The van der Waals surface area contributed by atoms with Crippen molar-refractivity contribution in [3.8, 4) is 0 Å². The number of hydrogen-bond acceptors (Lipinski definition) is 3. The van der Waals surface area contributed by atoms with Gasteiger partial charge in [-0.3, -0.25) is 9.59 Å². The number of nitrogens with one attached hydrogen (secondary N) is 2. The molecule has 2 aromatic rings. The second-order valence-electron chi connectivity index (χ2n) is 6.63. The summed E-state index contributed by atoms with van der Waals surface area (Å²) < 4.78 is 5.47. The summed E-state index contributed by atoms with van der Waals surface area (Å²) in [5, 5.41) is 5.87. The van der Waals surface area contributed by atoms with Gasteiger partial charge in [0.05, 0.1) is 18.6 Å². The Morgan fingerprint density at radius 1 is 0.963 bits per heavy atom. The molecule has 144 valence electrons. The number of hydrogen-bond donors (Lipinski definition) is 2. The Labute approximate surface area is 161 Å². The number of amides is 2. The summed E-state index contributed by atoms with van der Waals surface area (Å²) in [5.74, 6) is -0.288. The Hall–Kier alpha value is -2.66. The Morgan fingerprint density at radius 2 is 1.59 bits per heavy atom. The first-order valence-corrected chi connectivity index (χ1v) is 9.35. The summed E-state index contributed by atoms with van der Waals surface area (Å²) in [6.07, 6.45) is 1.14. The summed E-state index contributed by atoms with van der Waals surface area (Å²) >= 11 is 0. The molecule has 2 aromatic carbocycles. The SMILES string of the molecule is CC(C)OCCCNC(=O)CC(NC(=O)c1ccccc1)c1ccccc1. The number of rotatable bonds is 10. The molecule has 2 N–H and O–H groups in total. The predicted molar refractivity (Wildman–Crippen MR) is 106 cm³/mol. The molecule has 5 nitrogen and oxygen atoms in total. The number of ether oxygens (including phenoxy) is 1. The highest BCUT2D eigenvalue weighted by Gasteiger charge is 2.19. The van der Waals surface area contributed by atoms with Crippen molar-refractivity contribution >= 4 is 11.8 Å². The van der Waals surface area contributed by atoms with Crippen molar-refractivity contribution in [2.24, 2.45) is 0 Å². The lowest BCUT2D eigenvalue weighted by Crippen LogP contribution is -2.34. The standard InChI is InChI=1S/C22H28N2O3/c1-17(2)27-15-9-14-23-21(25)16-20(18-10-5-3-6-11-18)24-22(26)19-12-7-4-8-13-19/h3-8,10-13,17,20H,9,14-16H2,1-2H3,(H,23,25)(H,24,26). The molecule has 2 rings (SSSR count). The summed E-state index contributed by atoms with van der Waals surface area (Å²) in [6, 6.07) is 18.2. The molecule has 1 atom stereocenters. The van der Waals surface area contributed by atoms with Crippen molar-refractivity contribution in [1.82, 2.24) is 10.6 Å². The van der Waals surface area contributed by atoms with E-state index < -0.39 is 0 Å². The molecule has 0 aliphatic heterocycles. The van der Waals surface area contributed by atoms with Crippen LogP contribution < -0.4 is 10.6 Å². The van der Waals surface area contributed by atoms with Crippen molar-refractivity contribution in [3.63, 3.8) is 0 Å². The van der Waals surface area contributed by atoms with Crippen LogP contribution in [0.15, 0.2) is 60.7 Å². The fourth-order valence-electron chi connectivity index (χ4n) is 2.65. The van der Waals surface area contributed by atoms with Gasteiger partial charge < -0.3 is 15.4 Å². The van der Waals surface area contributed by atoms with Crippen LogP contribution in [0.25, 0.3) is 0 Å². The molecule has 0 aromatic heterocycles. The molecule has 0 aliphatic carbocycles. The van der Waals surface area contributed by atoms with Crippen LogP contribution in [0.4, 0.5) is 0 Å².